The third-order valence-electron chi connectivity index (χ3n) is 3.81. The molecule has 0 aliphatic heterocycles. The van der Waals surface area contributed by atoms with Crippen molar-refractivity contribution in [2.75, 3.05) is 6.26 Å². The van der Waals surface area contributed by atoms with Crippen LogP contribution in [0.15, 0.2) is 46.7 Å². The van der Waals surface area contributed by atoms with Crippen LogP contribution >= 0.6 is 0 Å². The van der Waals surface area contributed by atoms with Crippen LogP contribution in [0.1, 0.15) is 18.9 Å². The van der Waals surface area contributed by atoms with Crippen molar-refractivity contribution in [3.63, 3.8) is 0 Å². The van der Waals surface area contributed by atoms with Crippen molar-refractivity contribution in [3.05, 3.63) is 59.0 Å². The van der Waals surface area contributed by atoms with E-state index in [0.29, 0.717) is 12.1 Å². The Morgan fingerprint density at radius 3 is 2.20 bits per heavy atom. The molecule has 1 aliphatic carbocycles. The predicted octanol–water partition coefficient (Wildman–Crippen LogP) is 3.66. The number of halogens is 3. The second kappa shape index (κ2) is 6.87. The molecule has 0 saturated heterocycles. The maximum absolute atomic E-state index is 14.5. The van der Waals surface area contributed by atoms with Crippen LogP contribution < -0.4 is 0 Å². The fourth-order valence-corrected chi connectivity index (χ4v) is 3.16. The van der Waals surface area contributed by atoms with Crippen LogP contribution in [0.5, 0.6) is 0 Å². The largest absolute Gasteiger partial charge is 0.478 e. The Kier molecular flexibility index (Phi) is 5.22. The molecule has 1 aromatic rings. The van der Waals surface area contributed by atoms with Gasteiger partial charge in [0, 0.05) is 11.8 Å². The van der Waals surface area contributed by atoms with E-state index in [1.54, 1.807) is 0 Å². The molecular weight excluding hydrogens is 357 g/mol. The first-order valence-corrected chi connectivity index (χ1v) is 9.12. The van der Waals surface area contributed by atoms with Gasteiger partial charge in [-0.05, 0) is 36.6 Å². The summed E-state index contributed by atoms with van der Waals surface area (Å²) in [6.45, 7) is 1.49. The summed E-state index contributed by atoms with van der Waals surface area (Å²) in [5, 5.41) is 8.97. The molecule has 25 heavy (non-hydrogen) atoms. The number of benzene rings is 1. The lowest BCUT2D eigenvalue weighted by Crippen LogP contribution is -2.09. The number of carboxylic acid groups (broad SMARTS) is 1. The highest BCUT2D eigenvalue weighted by Crippen LogP contribution is 2.36. The summed E-state index contributed by atoms with van der Waals surface area (Å²) in [5.41, 5.74) is -1.07. The van der Waals surface area contributed by atoms with Crippen LogP contribution in [0.3, 0.4) is 0 Å². The zero-order valence-corrected chi connectivity index (χ0v) is 14.2. The number of hydrogen-bond donors (Lipinski definition) is 1. The molecule has 0 bridgehead atoms. The van der Waals surface area contributed by atoms with Gasteiger partial charge in [-0.2, -0.15) is 0 Å². The minimum Gasteiger partial charge on any atom is -0.478 e. The minimum atomic E-state index is -3.83. The van der Waals surface area contributed by atoms with E-state index in [2.05, 4.69) is 0 Å². The molecule has 0 amide bonds. The van der Waals surface area contributed by atoms with Gasteiger partial charge >= 0.3 is 5.97 Å². The topological polar surface area (TPSA) is 71.4 Å². The Labute approximate surface area is 142 Å². The van der Waals surface area contributed by atoms with Crippen molar-refractivity contribution < 1.29 is 31.5 Å². The summed E-state index contributed by atoms with van der Waals surface area (Å²) in [6, 6.07) is 1.28. The lowest BCUT2D eigenvalue weighted by Gasteiger charge is -2.19. The second-order valence-electron chi connectivity index (χ2n) is 5.73. The molecule has 134 valence electrons. The second-order valence-corrected chi connectivity index (χ2v) is 7.75. The number of aliphatic carboxylic acids is 1. The Balaban J connectivity index is 2.65. The summed E-state index contributed by atoms with van der Waals surface area (Å²) in [6.07, 6.45) is 4.01. The van der Waals surface area contributed by atoms with Gasteiger partial charge in [-0.15, -0.1) is 0 Å². The normalized spacial score (nSPS) is 22.0. The van der Waals surface area contributed by atoms with E-state index in [0.717, 1.165) is 18.4 Å². The van der Waals surface area contributed by atoms with E-state index in [1.165, 1.54) is 13.0 Å². The fraction of sp³-hybridized carbons (Fsp3) is 0.235. The first kappa shape index (κ1) is 19.0. The van der Waals surface area contributed by atoms with Crippen molar-refractivity contribution in [1.82, 2.24) is 0 Å². The quantitative estimate of drug-likeness (QED) is 0.879. The molecule has 0 fully saturated rings. The number of carboxylic acids is 1. The van der Waals surface area contributed by atoms with Gasteiger partial charge in [-0.25, -0.2) is 26.4 Å². The van der Waals surface area contributed by atoms with Gasteiger partial charge in [0.2, 0.25) is 0 Å². The van der Waals surface area contributed by atoms with E-state index in [1.807, 2.05) is 0 Å². The van der Waals surface area contributed by atoms with Crippen LogP contribution in [0.25, 0.3) is 5.57 Å². The van der Waals surface area contributed by atoms with Gasteiger partial charge in [0.05, 0.1) is 16.0 Å². The molecule has 1 atom stereocenters. The summed E-state index contributed by atoms with van der Waals surface area (Å²) < 4.78 is 66.1. The Morgan fingerprint density at radius 1 is 1.16 bits per heavy atom. The lowest BCUT2D eigenvalue weighted by molar-refractivity contribution is -0.132. The van der Waals surface area contributed by atoms with Crippen LogP contribution in [0.4, 0.5) is 13.2 Å². The molecule has 0 saturated carbocycles. The molecule has 8 heteroatoms. The first-order valence-electron chi connectivity index (χ1n) is 7.23. The third-order valence-corrected chi connectivity index (χ3v) is 4.90. The highest BCUT2D eigenvalue weighted by atomic mass is 32.2. The predicted molar refractivity (Wildman–Crippen MR) is 86.1 cm³/mol. The summed E-state index contributed by atoms with van der Waals surface area (Å²) in [4.78, 5) is 10.4. The van der Waals surface area contributed by atoms with Gasteiger partial charge in [0.1, 0.15) is 17.5 Å². The van der Waals surface area contributed by atoms with Gasteiger partial charge in [0.25, 0.3) is 0 Å². The van der Waals surface area contributed by atoms with E-state index in [-0.39, 0.29) is 17.6 Å². The maximum atomic E-state index is 14.5. The van der Waals surface area contributed by atoms with Gasteiger partial charge in [-0.3, -0.25) is 0 Å². The number of hydrogen-bond acceptors (Lipinski definition) is 3. The zero-order chi connectivity index (χ0) is 18.9. The monoisotopic (exact) mass is 372 g/mol. The van der Waals surface area contributed by atoms with Crippen LogP contribution in [-0.2, 0) is 14.6 Å². The fourth-order valence-electron chi connectivity index (χ4n) is 2.52. The van der Waals surface area contributed by atoms with E-state index in [4.69, 9.17) is 5.11 Å². The highest BCUT2D eigenvalue weighted by molar-refractivity contribution is 7.90. The maximum Gasteiger partial charge on any atom is 0.335 e. The molecule has 0 heterocycles. The number of sulfone groups is 1. The number of rotatable bonds is 3. The molecule has 4 nitrogen and oxygen atoms in total. The average Bonchev–Trinajstić information content (AvgIpc) is 2.47. The molecule has 1 aromatic carbocycles. The highest BCUT2D eigenvalue weighted by Gasteiger charge is 2.25. The Morgan fingerprint density at radius 2 is 1.72 bits per heavy atom. The van der Waals surface area contributed by atoms with E-state index in [9.17, 15) is 26.4 Å². The molecule has 0 spiro atoms. The third kappa shape index (κ3) is 4.01. The van der Waals surface area contributed by atoms with Crippen molar-refractivity contribution in [3.8, 4) is 0 Å². The van der Waals surface area contributed by atoms with Crippen molar-refractivity contribution >= 4 is 21.4 Å². The van der Waals surface area contributed by atoms with Gasteiger partial charge in [0.15, 0.2) is 9.84 Å². The van der Waals surface area contributed by atoms with Crippen molar-refractivity contribution in [1.29, 1.82) is 0 Å². The first-order chi connectivity index (χ1) is 11.5. The molecule has 2 rings (SSSR count). The standard InChI is InChI=1S/C17H15F3O4S/c1-9-3-4-10(17(21)22)5-6-12(18)15(9)16-13(19)7-11(8-14(16)20)25(2,23)24/h4-9H,3H2,1-2H3,(H,21,22)/b6-5-,10-4-,15-12?. The molecule has 0 aromatic heterocycles. The lowest BCUT2D eigenvalue weighted by atomic mass is 9.88. The summed E-state index contributed by atoms with van der Waals surface area (Å²) in [7, 11) is -3.83. The van der Waals surface area contributed by atoms with Gasteiger partial charge in [-0.1, -0.05) is 13.0 Å². The van der Waals surface area contributed by atoms with Crippen LogP contribution in [-0.4, -0.2) is 25.7 Å². The zero-order valence-electron chi connectivity index (χ0n) is 13.4. The minimum absolute atomic E-state index is 0.0431. The van der Waals surface area contributed by atoms with Crippen LogP contribution in [0, 0.1) is 17.6 Å². The Hall–Kier alpha value is -2.35. The molecular formula is C17H15F3O4S. The van der Waals surface area contributed by atoms with E-state index < -0.39 is 49.6 Å². The molecule has 1 aliphatic rings. The SMILES string of the molecule is CC1C/C=C(C(=O)O)/C=C\C(F)=C1c1c(F)cc(S(C)(=O)=O)cc1F. The van der Waals surface area contributed by atoms with E-state index >= 15 is 0 Å². The Bertz CT molecular complexity index is 904. The number of carbonyl (C=O) groups is 1. The van der Waals surface area contributed by atoms with Gasteiger partial charge < -0.3 is 5.11 Å². The molecule has 0 radical (unpaired) electrons. The number of allylic oxidation sites excluding steroid dienone is 4. The summed E-state index contributed by atoms with van der Waals surface area (Å²) >= 11 is 0. The van der Waals surface area contributed by atoms with Crippen LogP contribution in [0.2, 0.25) is 0 Å². The summed E-state index contributed by atoms with van der Waals surface area (Å²) in [5.74, 6) is -5.35. The molecule has 1 unspecified atom stereocenters. The van der Waals surface area contributed by atoms with Crippen molar-refractivity contribution in [2.45, 2.75) is 18.2 Å². The average molecular weight is 372 g/mol. The van der Waals surface area contributed by atoms with Crippen molar-refractivity contribution in [2.24, 2.45) is 5.92 Å². The smallest absolute Gasteiger partial charge is 0.335 e. The molecule has 1 N–H and O–H groups in total.